The van der Waals surface area contributed by atoms with E-state index in [0.29, 0.717) is 0 Å². The van der Waals surface area contributed by atoms with Gasteiger partial charge in [-0.15, -0.1) is 0 Å². The van der Waals surface area contributed by atoms with Crippen molar-refractivity contribution in [2.24, 2.45) is 0 Å². The summed E-state index contributed by atoms with van der Waals surface area (Å²) in [6.45, 7) is 0. The second kappa shape index (κ2) is 4.39. The van der Waals surface area contributed by atoms with Crippen molar-refractivity contribution in [2.45, 2.75) is 0 Å². The Morgan fingerprint density at radius 3 is 2.25 bits per heavy atom. The van der Waals surface area contributed by atoms with Crippen LogP contribution in [0.5, 0.6) is 0 Å². The van der Waals surface area contributed by atoms with Gasteiger partial charge in [0.25, 0.3) is 0 Å². The van der Waals surface area contributed by atoms with Gasteiger partial charge in [0, 0.05) is 0 Å². The van der Waals surface area contributed by atoms with Gasteiger partial charge in [-0.25, -0.2) is 19.4 Å². The van der Waals surface area contributed by atoms with E-state index < -0.39 is 29.3 Å². The Bertz CT molecular complexity index is 467. The van der Waals surface area contributed by atoms with E-state index in [-0.39, 0.29) is 5.56 Å². The molecule has 0 bridgehead atoms. The fourth-order valence-corrected chi connectivity index (χ4v) is 1.02. The summed E-state index contributed by atoms with van der Waals surface area (Å²) in [5.41, 5.74) is -1.39. The molecule has 0 aliphatic heterocycles. The summed E-state index contributed by atoms with van der Waals surface area (Å²) in [4.78, 5) is 35.8. The van der Waals surface area contributed by atoms with Crippen molar-refractivity contribution in [3.63, 3.8) is 0 Å². The van der Waals surface area contributed by atoms with Crippen LogP contribution in [0.1, 0.15) is 31.3 Å². The topological polar surface area (TPSA) is 114 Å². The van der Waals surface area contributed by atoms with Crippen LogP contribution in [0.3, 0.4) is 0 Å². The molecule has 7 nitrogen and oxygen atoms in total. The van der Waals surface area contributed by atoms with Crippen LogP contribution in [-0.2, 0) is 4.74 Å². The number of nitrogens with zero attached hydrogens (tertiary/aromatic N) is 1. The summed E-state index contributed by atoms with van der Waals surface area (Å²) < 4.78 is 4.34. The number of pyridine rings is 1. The zero-order chi connectivity index (χ0) is 12.3. The number of rotatable bonds is 3. The highest BCUT2D eigenvalue weighted by Gasteiger charge is 2.20. The highest BCUT2D eigenvalue weighted by atomic mass is 16.5. The van der Waals surface area contributed by atoms with Crippen molar-refractivity contribution in [1.29, 1.82) is 0 Å². The van der Waals surface area contributed by atoms with E-state index in [1.807, 2.05) is 0 Å². The average Bonchev–Trinajstić information content (AvgIpc) is 2.26. The number of carbonyl (C=O) groups is 3. The van der Waals surface area contributed by atoms with E-state index in [4.69, 9.17) is 10.2 Å². The lowest BCUT2D eigenvalue weighted by Gasteiger charge is -2.03. The van der Waals surface area contributed by atoms with E-state index >= 15 is 0 Å². The first kappa shape index (κ1) is 11.6. The minimum absolute atomic E-state index is 0.292. The third-order valence-electron chi connectivity index (χ3n) is 1.72. The first-order valence-corrected chi connectivity index (χ1v) is 4.03. The molecule has 0 amide bonds. The highest BCUT2D eigenvalue weighted by molar-refractivity contribution is 6.02. The predicted molar refractivity (Wildman–Crippen MR) is 49.5 cm³/mol. The number of aromatic nitrogens is 1. The van der Waals surface area contributed by atoms with Crippen LogP contribution in [0, 0.1) is 0 Å². The van der Waals surface area contributed by atoms with Crippen LogP contribution < -0.4 is 0 Å². The van der Waals surface area contributed by atoms with Crippen molar-refractivity contribution < 1.29 is 29.3 Å². The lowest BCUT2D eigenvalue weighted by Crippen LogP contribution is -2.15. The molecule has 0 fully saturated rings. The lowest BCUT2D eigenvalue weighted by atomic mass is 10.1. The second-order valence-corrected chi connectivity index (χ2v) is 2.69. The minimum atomic E-state index is -1.50. The summed E-state index contributed by atoms with van der Waals surface area (Å²) in [5, 5.41) is 17.4. The number of carbonyl (C=O) groups excluding carboxylic acids is 1. The number of esters is 1. The van der Waals surface area contributed by atoms with Gasteiger partial charge in [-0.05, 0) is 12.1 Å². The Labute approximate surface area is 89.3 Å². The quantitative estimate of drug-likeness (QED) is 0.709. The smallest absolute Gasteiger partial charge is 0.355 e. The molecular weight excluding hydrogens is 218 g/mol. The van der Waals surface area contributed by atoms with Gasteiger partial charge in [0.2, 0.25) is 0 Å². The summed E-state index contributed by atoms with van der Waals surface area (Å²) in [5.74, 6) is -3.76. The first-order valence-electron chi connectivity index (χ1n) is 4.03. The third-order valence-corrected chi connectivity index (χ3v) is 1.72. The van der Waals surface area contributed by atoms with Crippen LogP contribution in [0.4, 0.5) is 0 Å². The maximum atomic E-state index is 11.1. The van der Waals surface area contributed by atoms with Crippen molar-refractivity contribution in [3.05, 3.63) is 29.1 Å². The van der Waals surface area contributed by atoms with Gasteiger partial charge in [-0.1, -0.05) is 0 Å². The van der Waals surface area contributed by atoms with Crippen molar-refractivity contribution in [3.8, 4) is 0 Å². The van der Waals surface area contributed by atoms with Gasteiger partial charge in [0.15, 0.2) is 5.69 Å². The molecule has 1 aromatic heterocycles. The standard InChI is InChI=1S/C9H7NO6/c1-16-9(15)4-2-3-5(7(11)12)10-6(4)8(13)14/h2-3H,1H3,(H,11,12)(H,13,14). The van der Waals surface area contributed by atoms with E-state index in [9.17, 15) is 14.4 Å². The van der Waals surface area contributed by atoms with Gasteiger partial charge in [0.05, 0.1) is 12.7 Å². The molecule has 0 radical (unpaired) electrons. The number of ether oxygens (including phenoxy) is 1. The number of hydrogen-bond donors (Lipinski definition) is 2. The van der Waals surface area contributed by atoms with Gasteiger partial charge in [-0.2, -0.15) is 0 Å². The summed E-state index contributed by atoms with van der Waals surface area (Å²) in [6.07, 6.45) is 0. The maximum Gasteiger partial charge on any atom is 0.355 e. The fourth-order valence-electron chi connectivity index (χ4n) is 1.02. The largest absolute Gasteiger partial charge is 0.477 e. The van der Waals surface area contributed by atoms with Gasteiger partial charge >= 0.3 is 17.9 Å². The second-order valence-electron chi connectivity index (χ2n) is 2.69. The molecule has 0 atom stereocenters. The van der Waals surface area contributed by atoms with Crippen LogP contribution >= 0.6 is 0 Å². The third kappa shape index (κ3) is 2.14. The Balaban J connectivity index is 3.36. The number of carboxylic acid groups (broad SMARTS) is 2. The Morgan fingerprint density at radius 1 is 1.19 bits per heavy atom. The summed E-state index contributed by atoms with van der Waals surface area (Å²) in [6, 6.07) is 2.08. The van der Waals surface area contributed by atoms with E-state index in [1.54, 1.807) is 0 Å². The van der Waals surface area contributed by atoms with E-state index in [0.717, 1.165) is 19.2 Å². The van der Waals surface area contributed by atoms with Crippen LogP contribution in [0.2, 0.25) is 0 Å². The molecular formula is C9H7NO6. The van der Waals surface area contributed by atoms with Crippen LogP contribution in [0.25, 0.3) is 0 Å². The number of carboxylic acids is 2. The molecule has 1 aromatic rings. The molecule has 0 saturated carbocycles. The van der Waals surface area contributed by atoms with Gasteiger partial charge in [-0.3, -0.25) is 0 Å². The van der Waals surface area contributed by atoms with Crippen molar-refractivity contribution >= 4 is 17.9 Å². The predicted octanol–water partition coefficient (Wildman–Crippen LogP) is 0.265. The molecule has 0 aliphatic carbocycles. The Morgan fingerprint density at radius 2 is 1.81 bits per heavy atom. The van der Waals surface area contributed by atoms with Crippen molar-refractivity contribution in [2.75, 3.05) is 7.11 Å². The van der Waals surface area contributed by atoms with Gasteiger partial charge < -0.3 is 14.9 Å². The molecule has 1 rings (SSSR count). The molecule has 1 heterocycles. The normalized spacial score (nSPS) is 9.56. The number of methoxy groups -OCH3 is 1. The molecule has 16 heavy (non-hydrogen) atoms. The molecule has 0 spiro atoms. The maximum absolute atomic E-state index is 11.1. The monoisotopic (exact) mass is 225 g/mol. The van der Waals surface area contributed by atoms with E-state index in [2.05, 4.69) is 9.72 Å². The van der Waals surface area contributed by atoms with Crippen molar-refractivity contribution in [1.82, 2.24) is 4.98 Å². The molecule has 2 N–H and O–H groups in total. The molecule has 84 valence electrons. The SMILES string of the molecule is COC(=O)c1ccc(C(=O)O)nc1C(=O)O. The number of aromatic carboxylic acids is 2. The lowest BCUT2D eigenvalue weighted by molar-refractivity contribution is 0.0577. The summed E-state index contributed by atoms with van der Waals surface area (Å²) in [7, 11) is 1.08. The molecule has 0 aliphatic rings. The van der Waals surface area contributed by atoms with E-state index in [1.165, 1.54) is 0 Å². The Kier molecular flexibility index (Phi) is 3.19. The Hall–Kier alpha value is -2.44. The zero-order valence-electron chi connectivity index (χ0n) is 8.13. The van der Waals surface area contributed by atoms with Crippen LogP contribution in [-0.4, -0.2) is 40.2 Å². The number of hydrogen-bond acceptors (Lipinski definition) is 5. The molecule has 0 saturated heterocycles. The fraction of sp³-hybridized carbons (Fsp3) is 0.111. The minimum Gasteiger partial charge on any atom is -0.477 e. The molecule has 7 heteroatoms. The first-order chi connectivity index (χ1) is 7.47. The zero-order valence-corrected chi connectivity index (χ0v) is 8.13. The summed E-state index contributed by atoms with van der Waals surface area (Å²) >= 11 is 0. The van der Waals surface area contributed by atoms with Gasteiger partial charge in [0.1, 0.15) is 5.69 Å². The van der Waals surface area contributed by atoms with Crippen LogP contribution in [0.15, 0.2) is 12.1 Å². The molecule has 0 unspecified atom stereocenters. The highest BCUT2D eigenvalue weighted by Crippen LogP contribution is 2.09. The molecule has 0 aromatic carbocycles. The average molecular weight is 225 g/mol.